The molecule has 0 amide bonds. The van der Waals surface area contributed by atoms with E-state index in [1.807, 2.05) is 12.5 Å². The molecule has 0 bridgehead atoms. The number of hydrogen-bond donors (Lipinski definition) is 1. The lowest BCUT2D eigenvalue weighted by molar-refractivity contribution is 0.468. The van der Waals surface area contributed by atoms with Gasteiger partial charge in [-0.2, -0.15) is 0 Å². The molecule has 0 fully saturated rings. The van der Waals surface area contributed by atoms with Crippen molar-refractivity contribution in [3.63, 3.8) is 0 Å². The minimum Gasteiger partial charge on any atom is -0.333 e. The molecule has 1 aromatic rings. The fourth-order valence-electron chi connectivity index (χ4n) is 1.85. The summed E-state index contributed by atoms with van der Waals surface area (Å²) in [5.41, 5.74) is 7.33. The molecule has 0 aliphatic rings. The van der Waals surface area contributed by atoms with Crippen LogP contribution in [0.25, 0.3) is 0 Å². The van der Waals surface area contributed by atoms with Crippen molar-refractivity contribution < 1.29 is 0 Å². The second kappa shape index (κ2) is 6.69. The van der Waals surface area contributed by atoms with Crippen molar-refractivity contribution in [3.05, 3.63) is 18.2 Å². The molecule has 16 heavy (non-hydrogen) atoms. The molecule has 1 aromatic heterocycles. The predicted octanol–water partition coefficient (Wildman–Crippen LogP) is 3.12. The maximum atomic E-state index is 6.15. The Morgan fingerprint density at radius 3 is 2.69 bits per heavy atom. The lowest BCUT2D eigenvalue weighted by Gasteiger charge is -2.17. The Bertz CT molecular complexity index is 291. The smallest absolute Gasteiger partial charge is 0.0948 e. The largest absolute Gasteiger partial charge is 0.333 e. The highest BCUT2D eigenvalue weighted by molar-refractivity contribution is 5.05. The first-order valence-corrected chi connectivity index (χ1v) is 6.42. The average molecular weight is 223 g/mol. The van der Waals surface area contributed by atoms with Crippen LogP contribution in [0.2, 0.25) is 0 Å². The lowest BCUT2D eigenvalue weighted by Crippen LogP contribution is -2.20. The average Bonchev–Trinajstić information content (AvgIpc) is 2.71. The molecule has 1 rings (SSSR count). The summed E-state index contributed by atoms with van der Waals surface area (Å²) >= 11 is 0. The lowest BCUT2D eigenvalue weighted by atomic mass is 10.0. The van der Waals surface area contributed by atoms with E-state index in [2.05, 4.69) is 30.3 Å². The third-order valence-electron chi connectivity index (χ3n) is 3.06. The van der Waals surface area contributed by atoms with Crippen molar-refractivity contribution >= 4 is 0 Å². The summed E-state index contributed by atoms with van der Waals surface area (Å²) in [6.45, 7) is 7.59. The van der Waals surface area contributed by atoms with E-state index in [0.717, 1.165) is 6.54 Å². The SMILES string of the molecule is CCCCCCn1cncc1C(N)C(C)C. The minimum absolute atomic E-state index is 0.105. The summed E-state index contributed by atoms with van der Waals surface area (Å²) in [6, 6.07) is 0.105. The van der Waals surface area contributed by atoms with Crippen LogP contribution in [0.1, 0.15) is 58.2 Å². The van der Waals surface area contributed by atoms with Crippen LogP contribution in [-0.2, 0) is 6.54 Å². The van der Waals surface area contributed by atoms with Gasteiger partial charge in [-0.3, -0.25) is 0 Å². The van der Waals surface area contributed by atoms with E-state index >= 15 is 0 Å². The molecule has 2 N–H and O–H groups in total. The number of nitrogens with zero attached hydrogens (tertiary/aromatic N) is 2. The summed E-state index contributed by atoms with van der Waals surface area (Å²) in [4.78, 5) is 4.21. The van der Waals surface area contributed by atoms with Crippen molar-refractivity contribution in [1.82, 2.24) is 9.55 Å². The van der Waals surface area contributed by atoms with E-state index in [1.54, 1.807) is 0 Å². The van der Waals surface area contributed by atoms with Gasteiger partial charge in [-0.05, 0) is 12.3 Å². The van der Waals surface area contributed by atoms with Gasteiger partial charge in [-0.15, -0.1) is 0 Å². The van der Waals surface area contributed by atoms with Crippen molar-refractivity contribution in [3.8, 4) is 0 Å². The van der Waals surface area contributed by atoms with Crippen molar-refractivity contribution in [2.45, 2.75) is 59.0 Å². The zero-order valence-electron chi connectivity index (χ0n) is 10.8. The van der Waals surface area contributed by atoms with Crippen LogP contribution >= 0.6 is 0 Å². The Hall–Kier alpha value is -0.830. The third-order valence-corrected chi connectivity index (χ3v) is 3.06. The second-order valence-corrected chi connectivity index (χ2v) is 4.84. The third kappa shape index (κ3) is 3.63. The first-order chi connectivity index (χ1) is 7.66. The normalized spacial score (nSPS) is 13.3. The van der Waals surface area contributed by atoms with E-state index in [9.17, 15) is 0 Å². The Balaban J connectivity index is 2.50. The minimum atomic E-state index is 0.105. The topological polar surface area (TPSA) is 43.8 Å². The van der Waals surface area contributed by atoms with Gasteiger partial charge in [0.25, 0.3) is 0 Å². The monoisotopic (exact) mass is 223 g/mol. The molecular weight excluding hydrogens is 198 g/mol. The summed E-state index contributed by atoms with van der Waals surface area (Å²) in [5.74, 6) is 0.464. The Kier molecular flexibility index (Phi) is 5.53. The van der Waals surface area contributed by atoms with E-state index in [-0.39, 0.29) is 6.04 Å². The van der Waals surface area contributed by atoms with Gasteiger partial charge in [0.1, 0.15) is 0 Å². The summed E-state index contributed by atoms with van der Waals surface area (Å²) < 4.78 is 2.21. The van der Waals surface area contributed by atoms with E-state index < -0.39 is 0 Å². The number of aromatic nitrogens is 2. The maximum absolute atomic E-state index is 6.15. The molecule has 92 valence electrons. The van der Waals surface area contributed by atoms with Gasteiger partial charge in [-0.1, -0.05) is 40.0 Å². The molecule has 3 nitrogen and oxygen atoms in total. The molecule has 3 heteroatoms. The van der Waals surface area contributed by atoms with Crippen LogP contribution in [-0.4, -0.2) is 9.55 Å². The Morgan fingerprint density at radius 1 is 1.31 bits per heavy atom. The zero-order chi connectivity index (χ0) is 12.0. The fraction of sp³-hybridized carbons (Fsp3) is 0.769. The van der Waals surface area contributed by atoms with Gasteiger partial charge in [-0.25, -0.2) is 4.98 Å². The van der Waals surface area contributed by atoms with Gasteiger partial charge < -0.3 is 10.3 Å². The van der Waals surface area contributed by atoms with Crippen LogP contribution in [0.5, 0.6) is 0 Å². The molecule has 1 atom stereocenters. The molecule has 0 aromatic carbocycles. The molecule has 0 radical (unpaired) electrons. The molecule has 0 aliphatic carbocycles. The summed E-state index contributed by atoms with van der Waals surface area (Å²) in [5, 5.41) is 0. The van der Waals surface area contributed by atoms with Gasteiger partial charge in [0.15, 0.2) is 0 Å². The highest BCUT2D eigenvalue weighted by Crippen LogP contribution is 2.18. The first-order valence-electron chi connectivity index (χ1n) is 6.42. The van der Waals surface area contributed by atoms with Crippen LogP contribution in [0.15, 0.2) is 12.5 Å². The van der Waals surface area contributed by atoms with Gasteiger partial charge in [0.05, 0.1) is 12.0 Å². The molecule has 1 heterocycles. The van der Waals surface area contributed by atoms with Gasteiger partial charge >= 0.3 is 0 Å². The molecule has 0 saturated heterocycles. The second-order valence-electron chi connectivity index (χ2n) is 4.84. The molecule has 0 aliphatic heterocycles. The van der Waals surface area contributed by atoms with Gasteiger partial charge in [0, 0.05) is 18.8 Å². The highest BCUT2D eigenvalue weighted by Gasteiger charge is 2.14. The summed E-state index contributed by atoms with van der Waals surface area (Å²) in [7, 11) is 0. The van der Waals surface area contributed by atoms with E-state index in [4.69, 9.17) is 5.73 Å². The molecule has 0 saturated carbocycles. The number of imidazole rings is 1. The molecule has 1 unspecified atom stereocenters. The number of hydrogen-bond acceptors (Lipinski definition) is 2. The summed E-state index contributed by atoms with van der Waals surface area (Å²) in [6.07, 6.45) is 8.93. The molecular formula is C13H25N3. The van der Waals surface area contributed by atoms with Crippen molar-refractivity contribution in [2.24, 2.45) is 11.7 Å². The molecule has 0 spiro atoms. The quantitative estimate of drug-likeness (QED) is 0.722. The standard InChI is InChI=1S/C13H25N3/c1-4-5-6-7-8-16-10-15-9-12(16)13(14)11(2)3/h9-11,13H,4-8,14H2,1-3H3. The Labute approximate surface area is 99.1 Å². The first kappa shape index (κ1) is 13.2. The van der Waals surface area contributed by atoms with Crippen molar-refractivity contribution in [2.75, 3.05) is 0 Å². The van der Waals surface area contributed by atoms with Crippen LogP contribution < -0.4 is 5.73 Å². The number of unbranched alkanes of at least 4 members (excludes halogenated alkanes) is 3. The van der Waals surface area contributed by atoms with E-state index in [1.165, 1.54) is 31.4 Å². The van der Waals surface area contributed by atoms with Gasteiger partial charge in [0.2, 0.25) is 0 Å². The predicted molar refractivity (Wildman–Crippen MR) is 68.1 cm³/mol. The van der Waals surface area contributed by atoms with Crippen LogP contribution in [0.3, 0.4) is 0 Å². The van der Waals surface area contributed by atoms with Crippen LogP contribution in [0.4, 0.5) is 0 Å². The number of nitrogens with two attached hydrogens (primary N) is 1. The fourth-order valence-corrected chi connectivity index (χ4v) is 1.85. The van der Waals surface area contributed by atoms with Crippen molar-refractivity contribution in [1.29, 1.82) is 0 Å². The van der Waals surface area contributed by atoms with E-state index in [0.29, 0.717) is 5.92 Å². The zero-order valence-corrected chi connectivity index (χ0v) is 10.8. The highest BCUT2D eigenvalue weighted by atomic mass is 15.1. The number of aryl methyl sites for hydroxylation is 1. The Morgan fingerprint density at radius 2 is 2.06 bits per heavy atom. The number of rotatable bonds is 7. The van der Waals surface area contributed by atoms with Crippen LogP contribution in [0, 0.1) is 5.92 Å². The maximum Gasteiger partial charge on any atom is 0.0948 e.